The van der Waals surface area contributed by atoms with Crippen LogP contribution >= 0.6 is 15.6 Å². The first kappa shape index (κ1) is 31.3. The van der Waals surface area contributed by atoms with Gasteiger partial charge >= 0.3 is 56.6 Å². The molecule has 0 fully saturated rings. The predicted molar refractivity (Wildman–Crippen MR) is 64.7 cm³/mol. The Kier molecular flexibility index (Phi) is 21.1. The van der Waals surface area contributed by atoms with Crippen LogP contribution in [0.5, 0.6) is 0 Å². The zero-order valence-electron chi connectivity index (χ0n) is 14.0. The summed E-state index contributed by atoms with van der Waals surface area (Å²) in [4.78, 5) is 31.2. The number of hydrogen-bond acceptors (Lipinski definition) is 7. The smallest absolute Gasteiger partial charge is 0.790 e. The molecule has 0 aromatic carbocycles. The Balaban J connectivity index is -0.000000540. The molecule has 0 N–H and O–H groups in total. The van der Waals surface area contributed by atoms with E-state index in [-0.39, 0.29) is 63.2 Å². The first-order valence-electron chi connectivity index (χ1n) is 5.50. The number of rotatable bonds is 8. The van der Waals surface area contributed by atoms with E-state index in [2.05, 4.69) is 8.83 Å². The summed E-state index contributed by atoms with van der Waals surface area (Å²) in [5, 5.41) is 0. The van der Waals surface area contributed by atoms with E-state index in [1.165, 1.54) is 11.6 Å². The van der Waals surface area contributed by atoms with Crippen LogP contribution in [0.2, 0.25) is 0 Å². The molecule has 0 aliphatic rings. The quantitative estimate of drug-likeness (QED) is 0.246. The molecular formula is C10H17Li3O7P2. The fourth-order valence-electron chi connectivity index (χ4n) is 1.11. The largest absolute Gasteiger partial charge is 1.00 e. The molecule has 0 aromatic rings. The van der Waals surface area contributed by atoms with Crippen LogP contribution in [0, 0.1) is 0 Å². The molecule has 22 heavy (non-hydrogen) atoms. The van der Waals surface area contributed by atoms with E-state index in [1.807, 2.05) is 19.9 Å². The first-order valence-corrected chi connectivity index (χ1v) is 8.42. The SMILES string of the molecule is CC(C)=CCC/C(C)=C\COP(=O)([O-])OP(=O)([O-])[O-].[Li+].[Li+].[Li+]. The van der Waals surface area contributed by atoms with Gasteiger partial charge in [-0.1, -0.05) is 23.3 Å². The Bertz CT molecular complexity index is 444. The van der Waals surface area contributed by atoms with Gasteiger partial charge in [0.1, 0.15) is 0 Å². The van der Waals surface area contributed by atoms with Crippen molar-refractivity contribution >= 4 is 15.6 Å². The molecule has 0 saturated heterocycles. The predicted octanol–water partition coefficient (Wildman–Crippen LogP) is -7.98. The molecule has 12 heteroatoms. The normalized spacial score (nSPS) is 13.8. The average Bonchev–Trinajstić information content (AvgIpc) is 2.12. The zero-order valence-corrected chi connectivity index (χ0v) is 15.8. The molecule has 0 bridgehead atoms. The van der Waals surface area contributed by atoms with Crippen LogP contribution in [-0.2, 0) is 18.0 Å². The number of allylic oxidation sites excluding steroid dienone is 3. The molecular weight excluding hydrogens is 315 g/mol. The topological polar surface area (TPSA) is 122 Å². The molecule has 112 valence electrons. The number of phosphoric acid groups is 2. The van der Waals surface area contributed by atoms with Crippen molar-refractivity contribution in [3.63, 3.8) is 0 Å². The maximum Gasteiger partial charge on any atom is 1.00 e. The molecule has 7 nitrogen and oxygen atoms in total. The van der Waals surface area contributed by atoms with Crippen molar-refractivity contribution in [2.24, 2.45) is 0 Å². The average molecular weight is 332 g/mol. The van der Waals surface area contributed by atoms with E-state index in [9.17, 15) is 23.8 Å². The zero-order chi connectivity index (χ0) is 15.1. The summed E-state index contributed by atoms with van der Waals surface area (Å²) in [6, 6.07) is 0. The molecule has 0 heterocycles. The van der Waals surface area contributed by atoms with Crippen molar-refractivity contribution in [1.29, 1.82) is 0 Å². The van der Waals surface area contributed by atoms with Crippen molar-refractivity contribution < 1.29 is 89.2 Å². The fraction of sp³-hybridized carbons (Fsp3) is 0.600. The third kappa shape index (κ3) is 21.5. The summed E-state index contributed by atoms with van der Waals surface area (Å²) < 4.78 is 28.5. The van der Waals surface area contributed by atoms with Crippen LogP contribution < -0.4 is 71.3 Å². The van der Waals surface area contributed by atoms with Gasteiger partial charge in [0.15, 0.2) is 0 Å². The van der Waals surface area contributed by atoms with Crippen molar-refractivity contribution in [2.75, 3.05) is 6.61 Å². The fourth-order valence-corrected chi connectivity index (χ4v) is 2.53. The molecule has 0 radical (unpaired) electrons. The molecule has 1 atom stereocenters. The van der Waals surface area contributed by atoms with Gasteiger partial charge in [0.25, 0.3) is 7.82 Å². The number of hydrogen-bond donors (Lipinski definition) is 0. The molecule has 0 aliphatic heterocycles. The maximum atomic E-state index is 10.9. The van der Waals surface area contributed by atoms with Crippen LogP contribution in [0.4, 0.5) is 0 Å². The van der Waals surface area contributed by atoms with Crippen LogP contribution in [0.3, 0.4) is 0 Å². The van der Waals surface area contributed by atoms with Gasteiger partial charge in [0.05, 0.1) is 14.4 Å². The summed E-state index contributed by atoms with van der Waals surface area (Å²) in [5.74, 6) is 0. The van der Waals surface area contributed by atoms with Crippen LogP contribution in [-0.4, -0.2) is 6.61 Å². The minimum atomic E-state index is -5.61. The molecule has 1 unspecified atom stereocenters. The van der Waals surface area contributed by atoms with Gasteiger partial charge in [-0.25, -0.2) is 0 Å². The third-order valence-electron chi connectivity index (χ3n) is 1.96. The van der Waals surface area contributed by atoms with Gasteiger partial charge in [-0.2, -0.15) is 0 Å². The maximum absolute atomic E-state index is 10.9. The molecule has 0 saturated carbocycles. The summed E-state index contributed by atoms with van der Waals surface area (Å²) in [5.41, 5.74) is 2.06. The van der Waals surface area contributed by atoms with E-state index in [0.717, 1.165) is 18.4 Å². The summed E-state index contributed by atoms with van der Waals surface area (Å²) in [6.07, 6.45) is 5.05. The van der Waals surface area contributed by atoms with Gasteiger partial charge in [0, 0.05) is 0 Å². The summed E-state index contributed by atoms with van der Waals surface area (Å²) in [7, 11) is -10.7. The van der Waals surface area contributed by atoms with Gasteiger partial charge in [-0.15, -0.1) is 0 Å². The molecule has 0 aromatic heterocycles. The summed E-state index contributed by atoms with van der Waals surface area (Å²) >= 11 is 0. The van der Waals surface area contributed by atoms with E-state index in [4.69, 9.17) is 0 Å². The molecule has 0 amide bonds. The van der Waals surface area contributed by atoms with E-state index in [0.29, 0.717) is 0 Å². The van der Waals surface area contributed by atoms with E-state index < -0.39 is 15.6 Å². The number of phosphoric ester groups is 1. The van der Waals surface area contributed by atoms with Crippen molar-refractivity contribution in [3.05, 3.63) is 23.3 Å². The van der Waals surface area contributed by atoms with Crippen molar-refractivity contribution in [1.82, 2.24) is 0 Å². The minimum absolute atomic E-state index is 0. The second-order valence-corrected chi connectivity index (χ2v) is 6.84. The Morgan fingerprint density at radius 3 is 1.91 bits per heavy atom. The van der Waals surface area contributed by atoms with Crippen LogP contribution in [0.15, 0.2) is 23.3 Å². The van der Waals surface area contributed by atoms with Gasteiger partial charge < -0.3 is 23.8 Å². The molecule has 0 spiro atoms. The molecule has 0 aliphatic carbocycles. The second kappa shape index (κ2) is 14.8. The van der Waals surface area contributed by atoms with Gasteiger partial charge in [0.2, 0.25) is 0 Å². The Morgan fingerprint density at radius 2 is 1.50 bits per heavy atom. The third-order valence-corrected chi connectivity index (χ3v) is 4.02. The minimum Gasteiger partial charge on any atom is -0.790 e. The standard InChI is InChI=1S/C10H20O7P2.3Li/c1-9(2)5-4-6-10(3)7-8-16-19(14,15)17-18(11,12)13;;;/h5,7H,4,6,8H2,1-3H3,(H,14,15)(H2,11,12,13);;;/q;3*+1/p-3/b10-7-;;;. The van der Waals surface area contributed by atoms with E-state index >= 15 is 0 Å². The van der Waals surface area contributed by atoms with Gasteiger partial charge in [-0.05, 0) is 33.6 Å². The summed E-state index contributed by atoms with van der Waals surface area (Å²) in [6.45, 7) is 5.35. The Hall–Kier alpha value is 1.53. The second-order valence-electron chi connectivity index (χ2n) is 4.14. The van der Waals surface area contributed by atoms with Crippen molar-refractivity contribution in [3.8, 4) is 0 Å². The Labute approximate surface area is 167 Å². The molecule has 0 rings (SSSR count). The monoisotopic (exact) mass is 332 g/mol. The van der Waals surface area contributed by atoms with Crippen molar-refractivity contribution in [2.45, 2.75) is 33.6 Å². The van der Waals surface area contributed by atoms with Crippen LogP contribution in [0.25, 0.3) is 0 Å². The van der Waals surface area contributed by atoms with E-state index in [1.54, 1.807) is 6.92 Å². The Morgan fingerprint density at radius 1 is 1.00 bits per heavy atom. The first-order chi connectivity index (χ1) is 8.52. The van der Waals surface area contributed by atoms with Crippen LogP contribution in [0.1, 0.15) is 33.6 Å². The van der Waals surface area contributed by atoms with Gasteiger partial charge in [-0.3, -0.25) is 8.88 Å².